The van der Waals surface area contributed by atoms with Crippen molar-refractivity contribution in [2.45, 2.75) is 19.9 Å². The van der Waals surface area contributed by atoms with Crippen LogP contribution in [0.1, 0.15) is 24.1 Å². The van der Waals surface area contributed by atoms with E-state index in [1.807, 2.05) is 13.0 Å². The highest BCUT2D eigenvalue weighted by Gasteiger charge is 2.09. The molecule has 2 heteroatoms. The molecular weight excluding hydrogens is 238 g/mol. The van der Waals surface area contributed by atoms with E-state index in [4.69, 9.17) is 6.42 Å². The van der Waals surface area contributed by atoms with Crippen molar-refractivity contribution >= 4 is 15.9 Å². The van der Waals surface area contributed by atoms with E-state index in [9.17, 15) is 0 Å². The van der Waals surface area contributed by atoms with Crippen molar-refractivity contribution < 1.29 is 0 Å². The molecule has 1 atom stereocenters. The third kappa shape index (κ3) is 2.60. The number of nitrogens with one attached hydrogen (secondary N) is 1. The molecule has 0 amide bonds. The second kappa shape index (κ2) is 5.19. The summed E-state index contributed by atoms with van der Waals surface area (Å²) in [6.45, 7) is 4.98. The van der Waals surface area contributed by atoms with Crippen LogP contribution in [0.25, 0.3) is 0 Å². The molecule has 0 fully saturated rings. The normalized spacial score (nSPS) is 12.1. The van der Waals surface area contributed by atoms with Gasteiger partial charge in [0.05, 0.1) is 6.04 Å². The Balaban J connectivity index is 3.03. The number of terminal acetylenes is 1. The quantitative estimate of drug-likeness (QED) is 0.815. The molecule has 0 saturated carbocycles. The first-order chi connectivity index (χ1) is 6.69. The fourth-order valence-corrected chi connectivity index (χ4v) is 1.82. The molecule has 0 aliphatic carbocycles. The Labute approximate surface area is 94.0 Å². The molecule has 74 valence electrons. The Morgan fingerprint density at radius 1 is 1.57 bits per heavy atom. The smallest absolute Gasteiger partial charge is 0.0954 e. The molecule has 0 heterocycles. The van der Waals surface area contributed by atoms with Gasteiger partial charge < -0.3 is 5.32 Å². The topological polar surface area (TPSA) is 12.0 Å². The Morgan fingerprint density at radius 3 is 2.86 bits per heavy atom. The summed E-state index contributed by atoms with van der Waals surface area (Å²) < 4.78 is 1.06. The van der Waals surface area contributed by atoms with E-state index < -0.39 is 0 Å². The van der Waals surface area contributed by atoms with Crippen molar-refractivity contribution in [3.63, 3.8) is 0 Å². The lowest BCUT2D eigenvalue weighted by Gasteiger charge is -2.14. The maximum atomic E-state index is 5.48. The van der Waals surface area contributed by atoms with Crippen molar-refractivity contribution in [2.75, 3.05) is 6.54 Å². The molecule has 1 aromatic carbocycles. The van der Waals surface area contributed by atoms with Gasteiger partial charge in [-0.1, -0.05) is 46.5 Å². The van der Waals surface area contributed by atoms with Crippen LogP contribution in [0.4, 0.5) is 0 Å². The van der Waals surface area contributed by atoms with Gasteiger partial charge in [-0.05, 0) is 25.1 Å². The molecule has 0 bridgehead atoms. The van der Waals surface area contributed by atoms with Crippen molar-refractivity contribution in [3.8, 4) is 12.3 Å². The molecule has 1 aromatic rings. The Kier molecular flexibility index (Phi) is 4.19. The van der Waals surface area contributed by atoms with E-state index in [0.29, 0.717) is 0 Å². The van der Waals surface area contributed by atoms with Crippen molar-refractivity contribution in [1.29, 1.82) is 0 Å². The van der Waals surface area contributed by atoms with Crippen LogP contribution in [0.2, 0.25) is 0 Å². The third-order valence-corrected chi connectivity index (χ3v) is 2.76. The summed E-state index contributed by atoms with van der Waals surface area (Å²) in [7, 11) is 0. The molecule has 0 aliphatic heterocycles. The SMILES string of the molecule is C#CC(NCC)c1cc(C)ccc1Br. The van der Waals surface area contributed by atoms with Gasteiger partial charge in [-0.15, -0.1) is 6.42 Å². The van der Waals surface area contributed by atoms with E-state index in [1.54, 1.807) is 0 Å². The monoisotopic (exact) mass is 251 g/mol. The fourth-order valence-electron chi connectivity index (χ4n) is 1.35. The maximum absolute atomic E-state index is 5.48. The fraction of sp³-hybridized carbons (Fsp3) is 0.333. The first-order valence-corrected chi connectivity index (χ1v) is 5.44. The number of halogens is 1. The van der Waals surface area contributed by atoms with E-state index in [-0.39, 0.29) is 6.04 Å². The summed E-state index contributed by atoms with van der Waals surface area (Å²) in [6.07, 6.45) is 5.48. The zero-order valence-corrected chi connectivity index (χ0v) is 10.1. The van der Waals surface area contributed by atoms with Gasteiger partial charge in [-0.3, -0.25) is 0 Å². The van der Waals surface area contributed by atoms with Crippen LogP contribution in [-0.2, 0) is 0 Å². The molecule has 0 spiro atoms. The van der Waals surface area contributed by atoms with Crippen LogP contribution in [0.15, 0.2) is 22.7 Å². The lowest BCUT2D eigenvalue weighted by Crippen LogP contribution is -2.19. The van der Waals surface area contributed by atoms with Gasteiger partial charge in [0.15, 0.2) is 0 Å². The van der Waals surface area contributed by atoms with Gasteiger partial charge >= 0.3 is 0 Å². The van der Waals surface area contributed by atoms with Crippen LogP contribution >= 0.6 is 15.9 Å². The van der Waals surface area contributed by atoms with Crippen molar-refractivity contribution in [2.24, 2.45) is 0 Å². The molecule has 1 rings (SSSR count). The zero-order chi connectivity index (χ0) is 10.6. The molecule has 0 aromatic heterocycles. The van der Waals surface area contributed by atoms with Gasteiger partial charge in [0.2, 0.25) is 0 Å². The Bertz CT molecular complexity index is 352. The highest BCUT2D eigenvalue weighted by atomic mass is 79.9. The molecule has 1 N–H and O–H groups in total. The van der Waals surface area contributed by atoms with Gasteiger partial charge in [0.25, 0.3) is 0 Å². The number of hydrogen-bond acceptors (Lipinski definition) is 1. The standard InChI is InChI=1S/C12H14BrN/c1-4-12(14-5-2)10-8-9(3)6-7-11(10)13/h1,6-8,12,14H,5H2,2-3H3. The van der Waals surface area contributed by atoms with Gasteiger partial charge in [-0.25, -0.2) is 0 Å². The first kappa shape index (κ1) is 11.3. The predicted molar refractivity (Wildman–Crippen MR) is 64.1 cm³/mol. The summed E-state index contributed by atoms with van der Waals surface area (Å²) in [4.78, 5) is 0. The first-order valence-electron chi connectivity index (χ1n) is 4.64. The minimum Gasteiger partial charge on any atom is -0.300 e. The van der Waals surface area contributed by atoms with E-state index in [1.165, 1.54) is 5.56 Å². The number of rotatable bonds is 3. The van der Waals surface area contributed by atoms with Crippen molar-refractivity contribution in [3.05, 3.63) is 33.8 Å². The van der Waals surface area contributed by atoms with Crippen LogP contribution in [0, 0.1) is 19.3 Å². The minimum atomic E-state index is -0.00530. The highest BCUT2D eigenvalue weighted by Crippen LogP contribution is 2.24. The Morgan fingerprint density at radius 2 is 2.29 bits per heavy atom. The molecular formula is C12H14BrN. The minimum absolute atomic E-state index is 0.00530. The molecule has 0 radical (unpaired) electrons. The highest BCUT2D eigenvalue weighted by molar-refractivity contribution is 9.10. The lowest BCUT2D eigenvalue weighted by molar-refractivity contribution is 0.662. The average Bonchev–Trinajstić information content (AvgIpc) is 2.18. The summed E-state index contributed by atoms with van der Waals surface area (Å²) in [5, 5.41) is 3.25. The van der Waals surface area contributed by atoms with E-state index in [2.05, 4.69) is 46.2 Å². The Hall–Kier alpha value is -0.780. The van der Waals surface area contributed by atoms with Crippen LogP contribution in [0.3, 0.4) is 0 Å². The molecule has 14 heavy (non-hydrogen) atoms. The summed E-state index contributed by atoms with van der Waals surface area (Å²) >= 11 is 3.51. The van der Waals surface area contributed by atoms with Gasteiger partial charge in [0.1, 0.15) is 0 Å². The van der Waals surface area contributed by atoms with Crippen molar-refractivity contribution in [1.82, 2.24) is 5.32 Å². The second-order valence-corrected chi connectivity index (χ2v) is 4.04. The largest absolute Gasteiger partial charge is 0.300 e. The molecule has 0 saturated heterocycles. The number of benzene rings is 1. The number of hydrogen-bond donors (Lipinski definition) is 1. The average molecular weight is 252 g/mol. The van der Waals surface area contributed by atoms with Crippen LogP contribution in [-0.4, -0.2) is 6.54 Å². The van der Waals surface area contributed by atoms with Crippen LogP contribution in [0.5, 0.6) is 0 Å². The molecule has 0 aliphatic rings. The lowest BCUT2D eigenvalue weighted by atomic mass is 10.1. The summed E-state index contributed by atoms with van der Waals surface area (Å²) in [5.41, 5.74) is 2.36. The zero-order valence-electron chi connectivity index (χ0n) is 8.47. The molecule has 1 unspecified atom stereocenters. The van der Waals surface area contributed by atoms with E-state index >= 15 is 0 Å². The van der Waals surface area contributed by atoms with Crippen LogP contribution < -0.4 is 5.32 Å². The maximum Gasteiger partial charge on any atom is 0.0954 e. The predicted octanol–water partition coefficient (Wildman–Crippen LogP) is 3.04. The van der Waals surface area contributed by atoms with Gasteiger partial charge in [0, 0.05) is 4.47 Å². The second-order valence-electron chi connectivity index (χ2n) is 3.18. The van der Waals surface area contributed by atoms with E-state index in [0.717, 1.165) is 16.6 Å². The third-order valence-electron chi connectivity index (χ3n) is 2.04. The van der Waals surface area contributed by atoms with Gasteiger partial charge in [-0.2, -0.15) is 0 Å². The molecule has 1 nitrogen and oxygen atoms in total. The number of aryl methyl sites for hydroxylation is 1. The summed E-state index contributed by atoms with van der Waals surface area (Å²) in [6, 6.07) is 6.20. The summed E-state index contributed by atoms with van der Waals surface area (Å²) in [5.74, 6) is 2.75.